The topological polar surface area (TPSA) is 115 Å². The first-order chi connectivity index (χ1) is 14.7. The predicted molar refractivity (Wildman–Crippen MR) is 113 cm³/mol. The summed E-state index contributed by atoms with van der Waals surface area (Å²) in [6.07, 6.45) is 4.77. The minimum Gasteiger partial charge on any atom is -0.487 e. The largest absolute Gasteiger partial charge is 0.487 e. The second-order valence-electron chi connectivity index (χ2n) is 8.89. The quantitative estimate of drug-likeness (QED) is 0.702. The van der Waals surface area contributed by atoms with E-state index >= 15 is 0 Å². The van der Waals surface area contributed by atoms with Crippen molar-refractivity contribution in [1.29, 1.82) is 0 Å². The van der Waals surface area contributed by atoms with E-state index < -0.39 is 17.9 Å². The number of benzene rings is 1. The molecule has 1 aromatic heterocycles. The molecule has 2 aliphatic rings. The summed E-state index contributed by atoms with van der Waals surface area (Å²) in [5.74, 6) is -0.684. The second-order valence-corrected chi connectivity index (χ2v) is 8.89. The van der Waals surface area contributed by atoms with Gasteiger partial charge in [0.2, 0.25) is 0 Å². The predicted octanol–water partition coefficient (Wildman–Crippen LogP) is 2.74. The lowest BCUT2D eigenvalue weighted by Gasteiger charge is -2.33. The van der Waals surface area contributed by atoms with Crippen LogP contribution in [0.25, 0.3) is 11.0 Å². The van der Waals surface area contributed by atoms with Gasteiger partial charge in [-0.05, 0) is 64.9 Å². The molecule has 8 nitrogen and oxygen atoms in total. The Morgan fingerprint density at radius 3 is 2.61 bits per heavy atom. The molecule has 1 aromatic carbocycles. The van der Waals surface area contributed by atoms with Crippen LogP contribution in [-0.4, -0.2) is 35.2 Å². The van der Waals surface area contributed by atoms with Crippen LogP contribution < -0.4 is 20.4 Å². The zero-order valence-electron chi connectivity index (χ0n) is 18.0. The maximum atomic E-state index is 12.7. The first kappa shape index (κ1) is 21.2. The summed E-state index contributed by atoms with van der Waals surface area (Å²) in [7, 11) is 0. The molecule has 4 rings (SSSR count). The van der Waals surface area contributed by atoms with Crippen molar-refractivity contribution >= 4 is 22.8 Å². The van der Waals surface area contributed by atoms with Crippen molar-refractivity contribution in [2.24, 2.45) is 0 Å². The molecule has 0 radical (unpaired) electrons. The molecule has 8 heteroatoms. The van der Waals surface area contributed by atoms with Crippen LogP contribution in [0.5, 0.6) is 11.5 Å². The van der Waals surface area contributed by atoms with E-state index in [0.29, 0.717) is 35.5 Å². The van der Waals surface area contributed by atoms with Crippen LogP contribution in [0.3, 0.4) is 0 Å². The van der Waals surface area contributed by atoms with Gasteiger partial charge in [0.25, 0.3) is 5.91 Å². The highest BCUT2D eigenvalue weighted by molar-refractivity contribution is 5.93. The van der Waals surface area contributed by atoms with Gasteiger partial charge in [0.15, 0.2) is 6.61 Å². The van der Waals surface area contributed by atoms with Crippen molar-refractivity contribution in [3.63, 3.8) is 0 Å². The number of ether oxygens (including phenoxy) is 2. The van der Waals surface area contributed by atoms with Crippen LogP contribution in [0, 0.1) is 0 Å². The van der Waals surface area contributed by atoms with E-state index in [0.717, 1.165) is 42.2 Å². The van der Waals surface area contributed by atoms with Crippen molar-refractivity contribution in [2.75, 3.05) is 6.61 Å². The Balaban J connectivity index is 1.79. The number of carbonyl (C=O) groups is 2. The van der Waals surface area contributed by atoms with E-state index in [1.165, 1.54) is 6.92 Å². The summed E-state index contributed by atoms with van der Waals surface area (Å²) in [6, 6.07) is 0.743. The fraction of sp³-hybridized carbons (Fsp3) is 0.522. The third-order valence-corrected chi connectivity index (χ3v) is 5.99. The van der Waals surface area contributed by atoms with E-state index in [2.05, 4.69) is 5.32 Å². The van der Waals surface area contributed by atoms with Gasteiger partial charge in [0.05, 0.1) is 5.39 Å². The fourth-order valence-corrected chi connectivity index (χ4v) is 4.32. The molecule has 2 aromatic rings. The Kier molecular flexibility index (Phi) is 5.41. The lowest BCUT2D eigenvalue weighted by atomic mass is 9.87. The second kappa shape index (κ2) is 7.90. The summed E-state index contributed by atoms with van der Waals surface area (Å²) in [4.78, 5) is 35.9. The number of hydrogen-bond acceptors (Lipinski definition) is 6. The van der Waals surface area contributed by atoms with Crippen LogP contribution in [0.15, 0.2) is 15.3 Å². The standard InChI is InChI=1S/C23H27NO7/c1-12(21(26)27)24-18(25)11-29-17-10-16-15(8-9-23(2,3)31-16)20-19(17)13-6-4-5-7-14(13)22(28)30-20/h10,12H,4-9,11H2,1-3H3,(H,24,25)(H,26,27)/t12-/m1/s1. The first-order valence-electron chi connectivity index (χ1n) is 10.6. The highest BCUT2D eigenvalue weighted by Gasteiger charge is 2.32. The molecular weight excluding hydrogens is 402 g/mol. The molecule has 0 bridgehead atoms. The number of carbonyl (C=O) groups excluding carboxylic acids is 1. The SMILES string of the molecule is C[C@@H](NC(=O)COc1cc2c(c3oc(=O)c4c(c13)CCCC4)CCC(C)(C)O2)C(=O)O. The van der Waals surface area contributed by atoms with Gasteiger partial charge in [-0.2, -0.15) is 0 Å². The molecule has 0 unspecified atom stereocenters. The molecule has 1 aliphatic carbocycles. The average molecular weight is 429 g/mol. The molecule has 0 saturated carbocycles. The molecule has 0 saturated heterocycles. The van der Waals surface area contributed by atoms with Gasteiger partial charge in [-0.25, -0.2) is 4.79 Å². The maximum Gasteiger partial charge on any atom is 0.339 e. The van der Waals surface area contributed by atoms with Crippen molar-refractivity contribution in [1.82, 2.24) is 5.32 Å². The van der Waals surface area contributed by atoms with E-state index in [4.69, 9.17) is 19.0 Å². The molecular formula is C23H27NO7. The number of hydrogen-bond donors (Lipinski definition) is 2. The highest BCUT2D eigenvalue weighted by Crippen LogP contribution is 2.44. The Morgan fingerprint density at radius 2 is 1.90 bits per heavy atom. The number of nitrogens with one attached hydrogen (secondary N) is 1. The third kappa shape index (κ3) is 4.11. The van der Waals surface area contributed by atoms with Crippen LogP contribution in [0.1, 0.15) is 56.7 Å². The fourth-order valence-electron chi connectivity index (χ4n) is 4.32. The lowest BCUT2D eigenvalue weighted by molar-refractivity contribution is -0.141. The van der Waals surface area contributed by atoms with E-state index in [1.54, 1.807) is 6.07 Å². The summed E-state index contributed by atoms with van der Waals surface area (Å²) >= 11 is 0. The Bertz CT molecular complexity index is 1120. The molecule has 2 heterocycles. The molecule has 31 heavy (non-hydrogen) atoms. The molecule has 2 N–H and O–H groups in total. The van der Waals surface area contributed by atoms with E-state index in [-0.39, 0.29) is 17.8 Å². The average Bonchev–Trinajstić information content (AvgIpc) is 2.71. The number of amides is 1. The monoisotopic (exact) mass is 429 g/mol. The van der Waals surface area contributed by atoms with Gasteiger partial charge >= 0.3 is 11.6 Å². The number of rotatable bonds is 5. The summed E-state index contributed by atoms with van der Waals surface area (Å²) < 4.78 is 17.8. The van der Waals surface area contributed by atoms with Crippen LogP contribution in [0.4, 0.5) is 0 Å². The van der Waals surface area contributed by atoms with Gasteiger partial charge in [-0.1, -0.05) is 0 Å². The zero-order chi connectivity index (χ0) is 22.3. The number of carboxylic acid groups (broad SMARTS) is 1. The highest BCUT2D eigenvalue weighted by atomic mass is 16.5. The third-order valence-electron chi connectivity index (χ3n) is 5.99. The van der Waals surface area contributed by atoms with Crippen molar-refractivity contribution < 1.29 is 28.6 Å². The van der Waals surface area contributed by atoms with Crippen LogP contribution in [0.2, 0.25) is 0 Å². The lowest BCUT2D eigenvalue weighted by Crippen LogP contribution is -2.40. The Morgan fingerprint density at radius 1 is 1.19 bits per heavy atom. The maximum absolute atomic E-state index is 12.7. The molecule has 1 amide bonds. The minimum absolute atomic E-state index is 0.320. The van der Waals surface area contributed by atoms with Crippen molar-refractivity contribution in [2.45, 2.75) is 70.9 Å². The number of fused-ring (bicyclic) bond motifs is 5. The van der Waals surface area contributed by atoms with Crippen LogP contribution in [-0.2, 0) is 28.9 Å². The molecule has 1 aliphatic heterocycles. The normalized spacial score (nSPS) is 17.8. The van der Waals surface area contributed by atoms with E-state index in [1.807, 2.05) is 13.8 Å². The summed E-state index contributed by atoms with van der Waals surface area (Å²) in [5, 5.41) is 12.1. The molecule has 0 fully saturated rings. The van der Waals surface area contributed by atoms with Crippen molar-refractivity contribution in [3.05, 3.63) is 33.2 Å². The van der Waals surface area contributed by atoms with Gasteiger partial charge < -0.3 is 24.3 Å². The Labute approximate surface area is 179 Å². The van der Waals surface area contributed by atoms with E-state index in [9.17, 15) is 14.4 Å². The van der Waals surface area contributed by atoms with Gasteiger partial charge in [0, 0.05) is 17.2 Å². The van der Waals surface area contributed by atoms with Gasteiger partial charge in [-0.15, -0.1) is 0 Å². The van der Waals surface area contributed by atoms with Crippen LogP contribution >= 0.6 is 0 Å². The zero-order valence-corrected chi connectivity index (χ0v) is 18.0. The number of carboxylic acids is 1. The molecule has 1 atom stereocenters. The smallest absolute Gasteiger partial charge is 0.339 e. The summed E-state index contributed by atoms with van der Waals surface area (Å²) in [5.41, 5.74) is 2.20. The number of aliphatic carboxylic acids is 1. The Hall–Kier alpha value is -3.03. The number of aryl methyl sites for hydroxylation is 2. The van der Waals surface area contributed by atoms with Gasteiger partial charge in [-0.3, -0.25) is 9.59 Å². The van der Waals surface area contributed by atoms with Crippen molar-refractivity contribution in [3.8, 4) is 11.5 Å². The summed E-state index contributed by atoms with van der Waals surface area (Å²) in [6.45, 7) is 5.01. The van der Waals surface area contributed by atoms with Gasteiger partial charge in [0.1, 0.15) is 28.7 Å². The molecule has 0 spiro atoms. The molecule has 166 valence electrons. The minimum atomic E-state index is -1.13. The first-order valence-corrected chi connectivity index (χ1v) is 10.6.